The number of ether oxygens (including phenoxy) is 2. The van der Waals surface area contributed by atoms with E-state index in [1.54, 1.807) is 0 Å². The molecular formula is C38H38Cl2CoN8O4. The number of H-pyrrole nitrogens is 2. The van der Waals surface area contributed by atoms with Crippen LogP contribution in [0.2, 0.25) is 0 Å². The molecule has 15 heteroatoms. The molecule has 4 aromatic heterocycles. The van der Waals surface area contributed by atoms with Gasteiger partial charge in [-0.15, -0.1) is 0 Å². The Morgan fingerprint density at radius 3 is 1.38 bits per heavy atom. The number of imidazole rings is 2. The number of benzene rings is 2. The maximum absolute atomic E-state index is 12.7. The summed E-state index contributed by atoms with van der Waals surface area (Å²) in [6, 6.07) is 26.8. The fourth-order valence-electron chi connectivity index (χ4n) is 6.62. The van der Waals surface area contributed by atoms with Crippen molar-refractivity contribution >= 4 is 45.9 Å². The molecule has 12 nitrogen and oxygen atoms in total. The van der Waals surface area contributed by atoms with Crippen LogP contribution >= 0.6 is 0 Å². The average Bonchev–Trinajstić information content (AvgIpc) is 3.69. The fourth-order valence-corrected chi connectivity index (χ4v) is 6.62. The molecule has 6 aromatic rings. The summed E-state index contributed by atoms with van der Waals surface area (Å²) in [4.78, 5) is 41.3. The van der Waals surface area contributed by atoms with Crippen molar-refractivity contribution in [3.05, 3.63) is 131 Å². The van der Waals surface area contributed by atoms with Gasteiger partial charge in [-0.2, -0.15) is 0 Å². The van der Waals surface area contributed by atoms with Crippen LogP contribution in [0.25, 0.3) is 22.1 Å². The molecule has 53 heavy (non-hydrogen) atoms. The maximum atomic E-state index is 12.7. The fraction of sp³-hybridized carbons (Fsp3) is 0.211. The first-order chi connectivity index (χ1) is 24.4. The molecule has 2 atom stereocenters. The van der Waals surface area contributed by atoms with Crippen molar-refractivity contribution < 1.29 is 70.6 Å². The second kappa shape index (κ2) is 17.5. The van der Waals surface area contributed by atoms with Crippen molar-refractivity contribution in [3.63, 3.8) is 0 Å². The first kappa shape index (κ1) is 40.6. The van der Waals surface area contributed by atoms with Crippen molar-refractivity contribution in [1.82, 2.24) is 19.1 Å². The van der Waals surface area contributed by atoms with Crippen LogP contribution in [-0.2, 0) is 35.8 Å². The summed E-state index contributed by atoms with van der Waals surface area (Å²) in [5, 5.41) is 6.51. The molecule has 2 aromatic carbocycles. The van der Waals surface area contributed by atoms with E-state index in [0.29, 0.717) is 36.3 Å². The molecule has 1 radical (unpaired) electrons. The van der Waals surface area contributed by atoms with E-state index < -0.39 is 0 Å². The third-order valence-corrected chi connectivity index (χ3v) is 8.71. The molecular weight excluding hydrogens is 762 g/mol. The topological polar surface area (TPSA) is 141 Å². The standard InChI is InChI=1S/2C19H18N4O2.2ClH.Co/c2*1-3-25-18(24)16-12(2)21-19-22-13-8-4-5-10-15(13)23(19)17(16)14-9-6-7-11-20-14;;;/h2*4-11,17H,3H2,1-2H3,(H,21,22);2*1H;/t2*17-;;;/m00.../s1. The van der Waals surface area contributed by atoms with Gasteiger partial charge in [0, 0.05) is 52.4 Å². The number of hydrogen-bond donors (Lipinski definition) is 2. The minimum atomic E-state index is -0.330. The number of aromatic amines is 2. The number of fused-ring (bicyclic) bond motifs is 6. The molecule has 0 spiro atoms. The summed E-state index contributed by atoms with van der Waals surface area (Å²) in [5.41, 5.74) is 8.15. The second-order valence-corrected chi connectivity index (χ2v) is 11.8. The third kappa shape index (κ3) is 7.65. The number of carbonyl (C=O) groups is 2. The van der Waals surface area contributed by atoms with Crippen molar-refractivity contribution in [2.75, 3.05) is 23.8 Å². The Kier molecular flexibility index (Phi) is 13.4. The Morgan fingerprint density at radius 1 is 0.642 bits per heavy atom. The molecule has 4 N–H and O–H groups in total. The van der Waals surface area contributed by atoms with Gasteiger partial charge in [0.25, 0.3) is 0 Å². The predicted octanol–water partition coefficient (Wildman–Crippen LogP) is -0.590. The molecule has 277 valence electrons. The zero-order chi connectivity index (χ0) is 34.8. The summed E-state index contributed by atoms with van der Waals surface area (Å²) >= 11 is 0. The van der Waals surface area contributed by atoms with Crippen molar-refractivity contribution in [2.45, 2.75) is 39.8 Å². The van der Waals surface area contributed by atoms with E-state index in [-0.39, 0.29) is 65.6 Å². The van der Waals surface area contributed by atoms with Crippen LogP contribution in [0.1, 0.15) is 51.2 Å². The number of nitrogens with zero attached hydrogens (tertiary/aromatic N) is 4. The summed E-state index contributed by atoms with van der Waals surface area (Å²) in [7, 11) is 0. The number of nitrogens with one attached hydrogen (secondary N) is 4. The number of allylic oxidation sites excluding steroid dienone is 2. The van der Waals surface area contributed by atoms with Crippen molar-refractivity contribution in [1.29, 1.82) is 0 Å². The average molecular weight is 801 g/mol. The van der Waals surface area contributed by atoms with Crippen LogP contribution in [0.15, 0.2) is 120 Å². The van der Waals surface area contributed by atoms with E-state index >= 15 is 0 Å². The van der Waals surface area contributed by atoms with Gasteiger partial charge in [-0.05, 0) is 52.0 Å². The molecule has 0 fully saturated rings. The Hall–Kier alpha value is -5.21. The second-order valence-electron chi connectivity index (χ2n) is 11.8. The zero-order valence-corrected chi connectivity index (χ0v) is 31.9. The van der Waals surface area contributed by atoms with Gasteiger partial charge in [0.15, 0.2) is 24.5 Å². The number of rotatable bonds is 6. The molecule has 8 rings (SSSR count). The van der Waals surface area contributed by atoms with Gasteiger partial charge < -0.3 is 44.9 Å². The van der Waals surface area contributed by atoms with E-state index in [0.717, 1.165) is 44.8 Å². The summed E-state index contributed by atoms with van der Waals surface area (Å²) in [6.45, 7) is 8.05. The Balaban J connectivity index is 0.000000224. The smallest absolute Gasteiger partial charge is 0.338 e. The van der Waals surface area contributed by atoms with Crippen LogP contribution in [-0.4, -0.2) is 44.3 Å². The first-order valence-electron chi connectivity index (χ1n) is 16.6. The maximum Gasteiger partial charge on any atom is 0.338 e. The van der Waals surface area contributed by atoms with E-state index in [4.69, 9.17) is 9.47 Å². The molecule has 0 saturated carbocycles. The van der Waals surface area contributed by atoms with Gasteiger partial charge in [0.1, 0.15) is 0 Å². The molecule has 6 heterocycles. The van der Waals surface area contributed by atoms with Crippen molar-refractivity contribution in [2.24, 2.45) is 0 Å². The Bertz CT molecular complexity index is 2130. The summed E-state index contributed by atoms with van der Waals surface area (Å²) in [6.07, 6.45) is 3.71. The van der Waals surface area contributed by atoms with Gasteiger partial charge in [0.05, 0.1) is 46.4 Å². The molecule has 0 unspecified atom stereocenters. The molecule has 0 bridgehead atoms. The quantitative estimate of drug-likeness (QED) is 0.214. The number of anilines is 2. The molecule has 0 saturated heterocycles. The number of hydrogen-bond acceptors (Lipinski definition) is 8. The molecule has 0 amide bonds. The van der Waals surface area contributed by atoms with Crippen LogP contribution < -0.4 is 45.4 Å². The predicted molar refractivity (Wildman–Crippen MR) is 188 cm³/mol. The Labute approximate surface area is 329 Å². The van der Waals surface area contributed by atoms with Gasteiger partial charge in [-0.25, -0.2) is 29.5 Å². The number of aromatic nitrogens is 6. The largest absolute Gasteiger partial charge is 1.00 e. The van der Waals surface area contributed by atoms with Gasteiger partial charge in [-0.3, -0.25) is 9.13 Å². The van der Waals surface area contributed by atoms with Crippen LogP contribution in [0.5, 0.6) is 0 Å². The SMILES string of the molecule is CCOC(=O)C1=C(C)Nc2nc3ccccc3n2[C@H]1c1cccc[nH+]1.CCOC(=O)C1=C(C)Nc2nc3ccccc3n2[C@H]1c1cccc[nH+]1.[Cl-].[Cl-].[Co]. The van der Waals surface area contributed by atoms with Crippen molar-refractivity contribution in [3.8, 4) is 0 Å². The Morgan fingerprint density at radius 2 is 1.02 bits per heavy atom. The van der Waals surface area contributed by atoms with Gasteiger partial charge in [0.2, 0.25) is 23.3 Å². The van der Waals surface area contributed by atoms with E-state index in [2.05, 4.69) is 30.6 Å². The minimum absolute atomic E-state index is 0. The third-order valence-electron chi connectivity index (χ3n) is 8.71. The van der Waals surface area contributed by atoms with Gasteiger partial charge in [-0.1, -0.05) is 36.4 Å². The zero-order valence-electron chi connectivity index (χ0n) is 29.3. The number of esters is 2. The van der Waals surface area contributed by atoms with E-state index in [1.165, 1.54) is 0 Å². The molecule has 2 aliphatic heterocycles. The monoisotopic (exact) mass is 799 g/mol. The summed E-state index contributed by atoms with van der Waals surface area (Å²) < 4.78 is 14.7. The molecule has 0 aliphatic carbocycles. The number of para-hydroxylation sites is 4. The van der Waals surface area contributed by atoms with Crippen LogP contribution in [0, 0.1) is 0 Å². The van der Waals surface area contributed by atoms with Crippen LogP contribution in [0.4, 0.5) is 11.9 Å². The number of carbonyl (C=O) groups excluding carboxylic acids is 2. The molecule has 2 aliphatic rings. The first-order valence-corrected chi connectivity index (χ1v) is 16.6. The minimum Gasteiger partial charge on any atom is -1.00 e. The van der Waals surface area contributed by atoms with E-state index in [9.17, 15) is 9.59 Å². The van der Waals surface area contributed by atoms with Crippen LogP contribution in [0.3, 0.4) is 0 Å². The number of halogens is 2. The summed E-state index contributed by atoms with van der Waals surface area (Å²) in [5.74, 6) is 0.791. The van der Waals surface area contributed by atoms with Gasteiger partial charge >= 0.3 is 11.9 Å². The van der Waals surface area contributed by atoms with E-state index in [1.807, 2.05) is 134 Å². The number of pyridine rings is 2. The normalized spacial score (nSPS) is 15.5.